The average molecular weight is 350 g/mol. The van der Waals surface area contributed by atoms with E-state index in [2.05, 4.69) is 5.32 Å². The number of primary amides is 1. The summed E-state index contributed by atoms with van der Waals surface area (Å²) in [6.07, 6.45) is 5.52. The lowest BCUT2D eigenvalue weighted by molar-refractivity contribution is -0.118. The number of carbonyl (C=O) groups is 3. The van der Waals surface area contributed by atoms with Gasteiger partial charge >= 0.3 is 0 Å². The first-order chi connectivity index (χ1) is 11.5. The Hall–Kier alpha value is -1.82. The zero-order chi connectivity index (χ0) is 17.8. The number of nitrogens with two attached hydrogens (primary N) is 1. The largest absolute Gasteiger partial charge is 0.370 e. The standard InChI is InChI=1S/C18H26N2O3S/c1-14(21)20-16-10-7-15(8-11-16)9-12-18(23)24-13-5-3-2-4-6-17(19)22/h7-8,10-11H,2-6,9,12-13H2,1H3,(H2,19,22)(H,20,21). The minimum absolute atomic E-state index is 0.0936. The summed E-state index contributed by atoms with van der Waals surface area (Å²) >= 11 is 1.38. The fraction of sp³-hybridized carbons (Fsp3) is 0.500. The molecule has 24 heavy (non-hydrogen) atoms. The predicted molar refractivity (Wildman–Crippen MR) is 98.8 cm³/mol. The van der Waals surface area contributed by atoms with Crippen molar-refractivity contribution in [2.24, 2.45) is 5.73 Å². The van der Waals surface area contributed by atoms with Crippen molar-refractivity contribution in [1.29, 1.82) is 0 Å². The average Bonchev–Trinajstić information content (AvgIpc) is 2.52. The van der Waals surface area contributed by atoms with E-state index in [1.165, 1.54) is 18.7 Å². The molecule has 0 fully saturated rings. The summed E-state index contributed by atoms with van der Waals surface area (Å²) in [5.41, 5.74) is 6.93. The van der Waals surface area contributed by atoms with E-state index >= 15 is 0 Å². The third-order valence-electron chi connectivity index (χ3n) is 3.47. The van der Waals surface area contributed by atoms with Gasteiger partial charge in [-0.15, -0.1) is 0 Å². The topological polar surface area (TPSA) is 89.3 Å². The molecule has 6 heteroatoms. The van der Waals surface area contributed by atoms with Crippen LogP contribution in [0.4, 0.5) is 5.69 Å². The van der Waals surface area contributed by atoms with Gasteiger partial charge in [0.1, 0.15) is 0 Å². The molecule has 5 nitrogen and oxygen atoms in total. The molecule has 0 aliphatic heterocycles. The van der Waals surface area contributed by atoms with Crippen LogP contribution in [0.5, 0.6) is 0 Å². The van der Waals surface area contributed by atoms with Crippen LogP contribution < -0.4 is 11.1 Å². The minimum atomic E-state index is -0.246. The highest BCUT2D eigenvalue weighted by atomic mass is 32.2. The molecule has 1 aromatic carbocycles. The number of anilines is 1. The predicted octanol–water partition coefficient (Wildman–Crippen LogP) is 3.27. The number of hydrogen-bond acceptors (Lipinski definition) is 4. The van der Waals surface area contributed by atoms with Crippen LogP contribution >= 0.6 is 11.8 Å². The van der Waals surface area contributed by atoms with Crippen molar-refractivity contribution < 1.29 is 14.4 Å². The van der Waals surface area contributed by atoms with Crippen LogP contribution in [0.1, 0.15) is 51.0 Å². The third kappa shape index (κ3) is 10.0. The van der Waals surface area contributed by atoms with Gasteiger partial charge < -0.3 is 11.1 Å². The Morgan fingerprint density at radius 2 is 1.67 bits per heavy atom. The van der Waals surface area contributed by atoms with Gasteiger partial charge in [-0.3, -0.25) is 14.4 Å². The van der Waals surface area contributed by atoms with Crippen molar-refractivity contribution in [3.05, 3.63) is 29.8 Å². The van der Waals surface area contributed by atoms with Gasteiger partial charge in [0.15, 0.2) is 5.12 Å². The third-order valence-corrected chi connectivity index (χ3v) is 4.49. The minimum Gasteiger partial charge on any atom is -0.370 e. The van der Waals surface area contributed by atoms with Crippen molar-refractivity contribution >= 4 is 34.4 Å². The Labute approximate surface area is 147 Å². The maximum absolute atomic E-state index is 11.9. The summed E-state index contributed by atoms with van der Waals surface area (Å²) in [4.78, 5) is 33.4. The van der Waals surface area contributed by atoms with E-state index in [0.717, 1.165) is 42.7 Å². The molecule has 0 saturated carbocycles. The molecule has 0 heterocycles. The monoisotopic (exact) mass is 350 g/mol. The van der Waals surface area contributed by atoms with Gasteiger partial charge in [-0.05, 0) is 37.0 Å². The fourth-order valence-corrected chi connectivity index (χ4v) is 3.04. The SMILES string of the molecule is CC(=O)Nc1ccc(CCC(=O)SCCCCCCC(N)=O)cc1. The van der Waals surface area contributed by atoms with Gasteiger partial charge in [0, 0.05) is 31.2 Å². The lowest BCUT2D eigenvalue weighted by atomic mass is 10.1. The Bertz CT molecular complexity index is 544. The first-order valence-corrected chi connectivity index (χ1v) is 9.26. The van der Waals surface area contributed by atoms with Gasteiger partial charge in [-0.2, -0.15) is 0 Å². The van der Waals surface area contributed by atoms with Crippen LogP contribution in [0.3, 0.4) is 0 Å². The Kier molecular flexibility index (Phi) is 9.84. The summed E-state index contributed by atoms with van der Waals surface area (Å²) < 4.78 is 0. The number of amides is 2. The number of benzene rings is 1. The highest BCUT2D eigenvalue weighted by Crippen LogP contribution is 2.15. The van der Waals surface area contributed by atoms with Crippen molar-refractivity contribution in [2.75, 3.05) is 11.1 Å². The van der Waals surface area contributed by atoms with Crippen molar-refractivity contribution in [2.45, 2.75) is 51.9 Å². The lowest BCUT2D eigenvalue weighted by Crippen LogP contribution is -2.09. The van der Waals surface area contributed by atoms with Gasteiger partial charge in [0.05, 0.1) is 0 Å². The second-order valence-corrected chi connectivity index (χ2v) is 6.88. The van der Waals surface area contributed by atoms with Crippen LogP contribution in [-0.2, 0) is 20.8 Å². The van der Waals surface area contributed by atoms with E-state index < -0.39 is 0 Å². The molecule has 0 saturated heterocycles. The summed E-state index contributed by atoms with van der Waals surface area (Å²) in [5, 5.41) is 2.92. The van der Waals surface area contributed by atoms with E-state index in [0.29, 0.717) is 19.3 Å². The van der Waals surface area contributed by atoms with Gasteiger partial charge in [-0.1, -0.05) is 36.7 Å². The van der Waals surface area contributed by atoms with Gasteiger partial charge in [0.25, 0.3) is 0 Å². The molecular weight excluding hydrogens is 324 g/mol. The fourth-order valence-electron chi connectivity index (χ4n) is 2.22. The van der Waals surface area contributed by atoms with Crippen LogP contribution in [0, 0.1) is 0 Å². The molecule has 132 valence electrons. The summed E-state index contributed by atoms with van der Waals surface area (Å²) in [7, 11) is 0. The van der Waals surface area contributed by atoms with E-state index in [9.17, 15) is 14.4 Å². The Morgan fingerprint density at radius 3 is 2.29 bits per heavy atom. The number of carbonyl (C=O) groups excluding carboxylic acids is 3. The maximum Gasteiger partial charge on any atom is 0.221 e. The molecule has 2 amide bonds. The summed E-state index contributed by atoms with van der Waals surface area (Å²) in [6.45, 7) is 1.47. The molecule has 0 spiro atoms. The van der Waals surface area contributed by atoms with E-state index in [4.69, 9.17) is 5.73 Å². The van der Waals surface area contributed by atoms with E-state index in [-0.39, 0.29) is 16.9 Å². The van der Waals surface area contributed by atoms with Crippen molar-refractivity contribution in [3.63, 3.8) is 0 Å². The first kappa shape index (κ1) is 20.2. The smallest absolute Gasteiger partial charge is 0.221 e. The number of thioether (sulfide) groups is 1. The zero-order valence-corrected chi connectivity index (χ0v) is 15.0. The number of unbranched alkanes of at least 4 members (excludes halogenated alkanes) is 3. The second-order valence-electron chi connectivity index (χ2n) is 5.73. The summed E-state index contributed by atoms with van der Waals surface area (Å²) in [5.74, 6) is 0.491. The summed E-state index contributed by atoms with van der Waals surface area (Å²) in [6, 6.07) is 7.56. The molecule has 3 N–H and O–H groups in total. The first-order valence-electron chi connectivity index (χ1n) is 8.28. The van der Waals surface area contributed by atoms with Crippen molar-refractivity contribution in [1.82, 2.24) is 0 Å². The molecule has 1 aromatic rings. The molecule has 0 aliphatic rings. The zero-order valence-electron chi connectivity index (χ0n) is 14.2. The highest BCUT2D eigenvalue weighted by molar-refractivity contribution is 8.13. The van der Waals surface area contributed by atoms with Crippen molar-refractivity contribution in [3.8, 4) is 0 Å². The van der Waals surface area contributed by atoms with Crippen LogP contribution in [0.15, 0.2) is 24.3 Å². The molecule has 1 rings (SSSR count). The van der Waals surface area contributed by atoms with E-state index in [1.54, 1.807) is 0 Å². The van der Waals surface area contributed by atoms with Gasteiger partial charge in [-0.25, -0.2) is 0 Å². The number of rotatable bonds is 11. The normalized spacial score (nSPS) is 10.4. The molecule has 0 atom stereocenters. The lowest BCUT2D eigenvalue weighted by Gasteiger charge is -2.05. The Balaban J connectivity index is 2.11. The highest BCUT2D eigenvalue weighted by Gasteiger charge is 2.04. The van der Waals surface area contributed by atoms with E-state index in [1.807, 2.05) is 24.3 Å². The quantitative estimate of drug-likeness (QED) is 0.599. The molecular formula is C18H26N2O3S. The number of aryl methyl sites for hydroxylation is 1. The maximum atomic E-state index is 11.9. The molecule has 0 aliphatic carbocycles. The van der Waals surface area contributed by atoms with Crippen LogP contribution in [0.25, 0.3) is 0 Å². The second kappa shape index (κ2) is 11.7. The molecule has 0 bridgehead atoms. The molecule has 0 aromatic heterocycles. The Morgan fingerprint density at radius 1 is 1.00 bits per heavy atom. The molecule has 0 radical (unpaired) electrons. The van der Waals surface area contributed by atoms with Crippen LogP contribution in [0.2, 0.25) is 0 Å². The molecule has 0 unspecified atom stereocenters. The van der Waals surface area contributed by atoms with Crippen LogP contribution in [-0.4, -0.2) is 22.7 Å². The van der Waals surface area contributed by atoms with Gasteiger partial charge in [0.2, 0.25) is 11.8 Å². The number of nitrogens with one attached hydrogen (secondary N) is 1. The number of hydrogen-bond donors (Lipinski definition) is 2.